The molecule has 0 aromatic rings. The summed E-state index contributed by atoms with van der Waals surface area (Å²) in [5.41, 5.74) is 0.935. The lowest BCUT2D eigenvalue weighted by molar-refractivity contribution is -0.843. The summed E-state index contributed by atoms with van der Waals surface area (Å²) in [6.45, 7) is 6.56. The second-order valence-electron chi connectivity index (χ2n) is 11.3. The Balaban J connectivity index is 2.19. The van der Waals surface area contributed by atoms with Gasteiger partial charge in [0.05, 0.1) is 33.4 Å². The summed E-state index contributed by atoms with van der Waals surface area (Å²) < 4.78 is 34.4. The molecule has 0 radical (unpaired) electrons. The van der Waals surface area contributed by atoms with Gasteiger partial charge in [-0.15, -0.1) is 0 Å². The lowest BCUT2D eigenvalue weighted by atomic mass is 10.0. The summed E-state index contributed by atoms with van der Waals surface area (Å²) in [5.74, 6) is -0.494. The Bertz CT molecular complexity index is 713. The van der Waals surface area contributed by atoms with E-state index in [0.29, 0.717) is 11.1 Å². The molecule has 9 heteroatoms. The van der Waals surface area contributed by atoms with Gasteiger partial charge in [0.2, 0.25) is 0 Å². The monoisotopic (exact) mass is 562 g/mol. The molecule has 0 aromatic carbocycles. The van der Waals surface area contributed by atoms with Crippen LogP contribution in [0.4, 0.5) is 0 Å². The van der Waals surface area contributed by atoms with Gasteiger partial charge in [0.15, 0.2) is 12.4 Å². The highest BCUT2D eigenvalue weighted by Crippen LogP contribution is 2.45. The number of nitrogens with zero attached hydrogens (tertiary/aromatic N) is 1. The average Bonchev–Trinajstić information content (AvgIpc) is 3.20. The van der Waals surface area contributed by atoms with Crippen LogP contribution in [0.15, 0.2) is 12.0 Å². The van der Waals surface area contributed by atoms with Crippen molar-refractivity contribution < 1.29 is 37.3 Å². The van der Waals surface area contributed by atoms with Gasteiger partial charge in [-0.3, -0.25) is 18.7 Å². The molecule has 1 fully saturated rings. The number of phosphoric ester groups is 1. The third-order valence-electron chi connectivity index (χ3n) is 7.37. The van der Waals surface area contributed by atoms with Gasteiger partial charge in [0, 0.05) is 26.4 Å². The fourth-order valence-corrected chi connectivity index (χ4v) is 5.43. The largest absolute Gasteiger partial charge is 0.527 e. The molecular weight excluding hydrogens is 505 g/mol. The number of unbranched alkanes of at least 4 members (excludes halogenated alkanes) is 13. The molecule has 0 amide bonds. The standard InChI is InChI=1S/C29H56NO7P/c1-6-7-8-9-10-11-12-13-14-15-16-17-18-19-23-34-26(2)29(37-27(3)31)25-36-38(32,33)35-24-28-21-20-22-30(28,4)5/h24,26,29H,6-23,25H2,1-5H3/p+1. The molecule has 1 rings (SSSR count). The molecule has 0 saturated carbocycles. The molecule has 0 aromatic heterocycles. The van der Waals surface area contributed by atoms with Gasteiger partial charge >= 0.3 is 13.8 Å². The molecule has 1 aliphatic rings. The van der Waals surface area contributed by atoms with E-state index in [-0.39, 0.29) is 6.61 Å². The smallest absolute Gasteiger partial charge is 0.457 e. The Labute approximate surface area is 232 Å². The number of carbonyl (C=O) groups is 1. The minimum absolute atomic E-state index is 0.283. The predicted octanol–water partition coefficient (Wildman–Crippen LogP) is 7.65. The average molecular weight is 563 g/mol. The highest BCUT2D eigenvalue weighted by atomic mass is 31.2. The van der Waals surface area contributed by atoms with Crippen molar-refractivity contribution >= 4 is 13.8 Å². The first-order valence-corrected chi connectivity index (χ1v) is 16.5. The number of likely N-dealkylation sites (tertiary alicyclic amines) is 1. The van der Waals surface area contributed by atoms with Crippen LogP contribution in [0.1, 0.15) is 124 Å². The first kappa shape index (κ1) is 35.1. The Morgan fingerprint density at radius 2 is 1.50 bits per heavy atom. The van der Waals surface area contributed by atoms with E-state index in [9.17, 15) is 14.3 Å². The molecule has 1 aliphatic heterocycles. The molecule has 0 aliphatic carbocycles. The van der Waals surface area contributed by atoms with Crippen LogP contribution < -0.4 is 0 Å². The molecule has 0 spiro atoms. The molecule has 0 bridgehead atoms. The van der Waals surface area contributed by atoms with Gasteiger partial charge < -0.3 is 14.0 Å². The molecule has 1 saturated heterocycles. The second-order valence-corrected chi connectivity index (χ2v) is 12.7. The minimum Gasteiger partial charge on any atom is -0.457 e. The number of phosphoric acid groups is 1. The number of esters is 1. The maximum absolute atomic E-state index is 12.4. The number of hydrogen-bond acceptors (Lipinski definition) is 6. The zero-order valence-corrected chi connectivity index (χ0v) is 25.9. The quantitative estimate of drug-likeness (QED) is 0.0450. The third kappa shape index (κ3) is 16.9. The Hall–Kier alpha value is -0.920. The van der Waals surface area contributed by atoms with E-state index in [1.54, 1.807) is 6.92 Å². The van der Waals surface area contributed by atoms with Gasteiger partial charge in [-0.05, 0) is 13.3 Å². The van der Waals surface area contributed by atoms with Crippen molar-refractivity contribution in [1.82, 2.24) is 0 Å². The van der Waals surface area contributed by atoms with Crippen LogP contribution >= 0.6 is 7.82 Å². The zero-order valence-electron chi connectivity index (χ0n) is 25.0. The van der Waals surface area contributed by atoms with E-state index in [0.717, 1.165) is 37.9 Å². The first-order chi connectivity index (χ1) is 18.1. The zero-order chi connectivity index (χ0) is 28.3. The lowest BCUT2D eigenvalue weighted by Gasteiger charge is -2.25. The molecule has 8 nitrogen and oxygen atoms in total. The molecule has 1 heterocycles. The van der Waals surface area contributed by atoms with E-state index in [1.165, 1.54) is 90.2 Å². The molecule has 1 N–H and O–H groups in total. The van der Waals surface area contributed by atoms with Crippen LogP contribution in [0.25, 0.3) is 0 Å². The van der Waals surface area contributed by atoms with Gasteiger partial charge in [0.1, 0.15) is 5.70 Å². The van der Waals surface area contributed by atoms with Crippen LogP contribution in [0, 0.1) is 0 Å². The highest BCUT2D eigenvalue weighted by Gasteiger charge is 2.32. The number of hydrogen-bond donors (Lipinski definition) is 1. The van der Waals surface area contributed by atoms with E-state index in [1.807, 2.05) is 14.1 Å². The van der Waals surface area contributed by atoms with Crippen molar-refractivity contribution in [2.75, 3.05) is 33.9 Å². The molecular formula is C29H57NO7P+. The van der Waals surface area contributed by atoms with Crippen molar-refractivity contribution in [2.24, 2.45) is 0 Å². The summed E-state index contributed by atoms with van der Waals surface area (Å²) in [4.78, 5) is 21.7. The van der Waals surface area contributed by atoms with Crippen molar-refractivity contribution in [3.05, 3.63) is 12.0 Å². The van der Waals surface area contributed by atoms with Crippen molar-refractivity contribution in [3.63, 3.8) is 0 Å². The number of rotatable bonds is 23. The van der Waals surface area contributed by atoms with E-state index >= 15 is 0 Å². The summed E-state index contributed by atoms with van der Waals surface area (Å²) in [6.07, 6.45) is 20.0. The minimum atomic E-state index is -4.33. The second kappa shape index (κ2) is 20.0. The molecule has 224 valence electrons. The Kier molecular flexibility index (Phi) is 18.5. The van der Waals surface area contributed by atoms with Crippen molar-refractivity contribution in [3.8, 4) is 0 Å². The van der Waals surface area contributed by atoms with Crippen LogP contribution in [-0.4, -0.2) is 61.4 Å². The first-order valence-electron chi connectivity index (χ1n) is 15.0. The SMILES string of the molecule is CCCCCCCCCCCCCCCCOC(C)C(COP(=O)(O)OC=C1CCC[N+]1(C)C)OC(C)=O. The van der Waals surface area contributed by atoms with E-state index in [4.69, 9.17) is 18.5 Å². The van der Waals surface area contributed by atoms with Crippen molar-refractivity contribution in [1.29, 1.82) is 0 Å². The fraction of sp³-hybridized carbons (Fsp3) is 0.897. The number of carbonyl (C=O) groups excluding carboxylic acids is 1. The summed E-state index contributed by atoms with van der Waals surface area (Å²) >= 11 is 0. The number of ether oxygens (including phenoxy) is 2. The van der Waals surface area contributed by atoms with Gasteiger partial charge in [0.25, 0.3) is 0 Å². The predicted molar refractivity (Wildman–Crippen MR) is 152 cm³/mol. The van der Waals surface area contributed by atoms with Gasteiger partial charge in [-0.25, -0.2) is 4.57 Å². The topological polar surface area (TPSA) is 91.3 Å². The third-order valence-corrected chi connectivity index (χ3v) is 8.22. The lowest BCUT2D eigenvalue weighted by Crippen LogP contribution is -2.35. The fourth-order valence-electron chi connectivity index (χ4n) is 4.78. The molecule has 3 atom stereocenters. The molecule has 38 heavy (non-hydrogen) atoms. The summed E-state index contributed by atoms with van der Waals surface area (Å²) in [6, 6.07) is 0. The van der Waals surface area contributed by atoms with Crippen LogP contribution in [0.5, 0.6) is 0 Å². The van der Waals surface area contributed by atoms with Crippen LogP contribution in [-0.2, 0) is 27.9 Å². The number of allylic oxidation sites excluding steroid dienone is 1. The Morgan fingerprint density at radius 3 is 1.97 bits per heavy atom. The van der Waals surface area contributed by atoms with Gasteiger partial charge in [-0.1, -0.05) is 90.4 Å². The summed E-state index contributed by atoms with van der Waals surface area (Å²) in [5, 5.41) is 0. The van der Waals surface area contributed by atoms with E-state index < -0.39 is 26.0 Å². The van der Waals surface area contributed by atoms with E-state index in [2.05, 4.69) is 6.92 Å². The van der Waals surface area contributed by atoms with Crippen LogP contribution in [0.2, 0.25) is 0 Å². The highest BCUT2D eigenvalue weighted by molar-refractivity contribution is 7.47. The number of quaternary nitrogens is 1. The van der Waals surface area contributed by atoms with Gasteiger partial charge in [-0.2, -0.15) is 0 Å². The Morgan fingerprint density at radius 1 is 0.974 bits per heavy atom. The van der Waals surface area contributed by atoms with Crippen molar-refractivity contribution in [2.45, 2.75) is 136 Å². The maximum atomic E-state index is 12.4. The normalized spacial score (nSPS) is 19.3. The maximum Gasteiger partial charge on any atom is 0.527 e. The van der Waals surface area contributed by atoms with Crippen LogP contribution in [0.3, 0.4) is 0 Å². The summed E-state index contributed by atoms with van der Waals surface area (Å²) in [7, 11) is -0.281. The molecule has 3 unspecified atom stereocenters.